The number of carbonyl (C=O) groups excluding carboxylic acids is 1. The zero-order valence-corrected chi connectivity index (χ0v) is 16.2. The molecule has 1 saturated heterocycles. The highest BCUT2D eigenvalue weighted by Gasteiger charge is 2.14. The molecule has 6 nitrogen and oxygen atoms in total. The van der Waals surface area contributed by atoms with Crippen molar-refractivity contribution in [2.45, 2.75) is 39.3 Å². The van der Waals surface area contributed by atoms with Crippen LogP contribution in [0.4, 0.5) is 11.4 Å². The van der Waals surface area contributed by atoms with Gasteiger partial charge in [-0.1, -0.05) is 18.2 Å². The summed E-state index contributed by atoms with van der Waals surface area (Å²) in [5.74, 6) is -0.0844. The maximum Gasteiger partial charge on any atom is 0.329 e. The Balaban J connectivity index is 1.46. The van der Waals surface area contributed by atoms with Gasteiger partial charge >= 0.3 is 5.69 Å². The van der Waals surface area contributed by atoms with Crippen molar-refractivity contribution in [3.8, 4) is 0 Å². The predicted octanol–water partition coefficient (Wildman–Crippen LogP) is 3.45. The Morgan fingerprint density at radius 1 is 1.00 bits per heavy atom. The number of amides is 1. The van der Waals surface area contributed by atoms with Crippen LogP contribution in [0.2, 0.25) is 0 Å². The predicted molar refractivity (Wildman–Crippen MR) is 113 cm³/mol. The van der Waals surface area contributed by atoms with Gasteiger partial charge in [0.15, 0.2) is 0 Å². The van der Waals surface area contributed by atoms with Crippen molar-refractivity contribution >= 4 is 28.3 Å². The molecule has 0 saturated carbocycles. The van der Waals surface area contributed by atoms with Crippen molar-refractivity contribution in [2.75, 3.05) is 23.3 Å². The van der Waals surface area contributed by atoms with Gasteiger partial charge in [-0.3, -0.25) is 13.9 Å². The number of para-hydroxylation sites is 2. The van der Waals surface area contributed by atoms with E-state index in [0.717, 1.165) is 35.5 Å². The van der Waals surface area contributed by atoms with E-state index in [1.165, 1.54) is 12.8 Å². The number of carbonyl (C=O) groups is 1. The zero-order valence-electron chi connectivity index (χ0n) is 16.2. The molecule has 1 N–H and O–H groups in total. The molecular formula is C22H26N4O2. The molecule has 146 valence electrons. The van der Waals surface area contributed by atoms with Gasteiger partial charge in [-0.25, -0.2) is 4.79 Å². The monoisotopic (exact) mass is 378 g/mol. The molecule has 1 amide bonds. The van der Waals surface area contributed by atoms with Crippen LogP contribution in [0, 0.1) is 0 Å². The molecular weight excluding hydrogens is 352 g/mol. The third kappa shape index (κ3) is 3.54. The van der Waals surface area contributed by atoms with E-state index >= 15 is 0 Å². The fourth-order valence-corrected chi connectivity index (χ4v) is 3.99. The van der Waals surface area contributed by atoms with E-state index in [0.29, 0.717) is 13.1 Å². The first-order valence-electron chi connectivity index (χ1n) is 10.0. The molecule has 0 unspecified atom stereocenters. The Labute approximate surface area is 164 Å². The maximum absolute atomic E-state index is 12.7. The Kier molecular flexibility index (Phi) is 5.19. The second kappa shape index (κ2) is 7.92. The number of imidazole rings is 1. The Morgan fingerprint density at radius 3 is 2.43 bits per heavy atom. The number of rotatable bonds is 6. The van der Waals surface area contributed by atoms with Crippen molar-refractivity contribution in [3.63, 3.8) is 0 Å². The Bertz CT molecular complexity index is 1040. The largest absolute Gasteiger partial charge is 0.371 e. The normalized spacial score (nSPS) is 14.0. The van der Waals surface area contributed by atoms with Crippen LogP contribution < -0.4 is 15.9 Å². The molecule has 2 aromatic carbocycles. The van der Waals surface area contributed by atoms with E-state index in [9.17, 15) is 9.59 Å². The molecule has 0 atom stereocenters. The number of nitrogens with one attached hydrogen (secondary N) is 1. The van der Waals surface area contributed by atoms with Gasteiger partial charge in [-0.2, -0.15) is 0 Å². The van der Waals surface area contributed by atoms with E-state index in [1.54, 1.807) is 9.13 Å². The number of aromatic nitrogens is 2. The van der Waals surface area contributed by atoms with Gasteiger partial charge in [0.2, 0.25) is 5.91 Å². The lowest BCUT2D eigenvalue weighted by Gasteiger charge is -2.18. The molecule has 0 radical (unpaired) electrons. The van der Waals surface area contributed by atoms with E-state index in [2.05, 4.69) is 16.3 Å². The van der Waals surface area contributed by atoms with Gasteiger partial charge in [0.1, 0.15) is 0 Å². The summed E-state index contributed by atoms with van der Waals surface area (Å²) in [7, 11) is 0. The fraction of sp³-hybridized carbons (Fsp3) is 0.364. The summed E-state index contributed by atoms with van der Waals surface area (Å²) in [5.41, 5.74) is 3.68. The third-order valence-corrected chi connectivity index (χ3v) is 5.40. The molecule has 0 spiro atoms. The molecule has 4 rings (SSSR count). The Morgan fingerprint density at radius 2 is 1.71 bits per heavy atom. The summed E-state index contributed by atoms with van der Waals surface area (Å²) < 4.78 is 3.44. The molecule has 0 aliphatic carbocycles. The van der Waals surface area contributed by atoms with Gasteiger partial charge in [-0.15, -0.1) is 0 Å². The first-order chi connectivity index (χ1) is 13.7. The van der Waals surface area contributed by atoms with Crippen molar-refractivity contribution in [1.29, 1.82) is 0 Å². The van der Waals surface area contributed by atoms with E-state index in [4.69, 9.17) is 0 Å². The highest BCUT2D eigenvalue weighted by molar-refractivity contribution is 5.91. The van der Waals surface area contributed by atoms with E-state index < -0.39 is 0 Å². The average molecular weight is 378 g/mol. The smallest absolute Gasteiger partial charge is 0.329 e. The lowest BCUT2D eigenvalue weighted by Crippen LogP contribution is -2.25. The molecule has 0 bridgehead atoms. The first-order valence-corrected chi connectivity index (χ1v) is 10.0. The van der Waals surface area contributed by atoms with Gasteiger partial charge in [0.25, 0.3) is 0 Å². The van der Waals surface area contributed by atoms with E-state index in [-0.39, 0.29) is 18.0 Å². The fourth-order valence-electron chi connectivity index (χ4n) is 3.99. The average Bonchev–Trinajstić information content (AvgIpc) is 3.33. The van der Waals surface area contributed by atoms with Crippen LogP contribution in [0.3, 0.4) is 0 Å². The summed E-state index contributed by atoms with van der Waals surface area (Å²) in [6.07, 6.45) is 2.69. The number of anilines is 2. The summed E-state index contributed by atoms with van der Waals surface area (Å²) in [5, 5.41) is 2.98. The molecule has 1 aliphatic heterocycles. The molecule has 2 heterocycles. The summed E-state index contributed by atoms with van der Waals surface area (Å²) in [4.78, 5) is 27.5. The first kappa shape index (κ1) is 18.3. The summed E-state index contributed by atoms with van der Waals surface area (Å²) >= 11 is 0. The van der Waals surface area contributed by atoms with Crippen LogP contribution in [0.1, 0.15) is 26.2 Å². The quantitative estimate of drug-likeness (QED) is 0.715. The second-order valence-corrected chi connectivity index (χ2v) is 7.21. The lowest BCUT2D eigenvalue weighted by atomic mass is 10.2. The number of hydrogen-bond donors (Lipinski definition) is 1. The minimum Gasteiger partial charge on any atom is -0.371 e. The molecule has 1 aliphatic rings. The zero-order chi connectivity index (χ0) is 19.5. The van der Waals surface area contributed by atoms with Crippen molar-refractivity contribution in [2.24, 2.45) is 0 Å². The van der Waals surface area contributed by atoms with Crippen molar-refractivity contribution in [3.05, 3.63) is 59.0 Å². The van der Waals surface area contributed by atoms with Crippen LogP contribution in [0.25, 0.3) is 11.0 Å². The standard InChI is InChI=1S/C22H26N4O2/c1-2-25-19-10-3-4-11-20(19)26(22(25)28)15-12-21(27)23-17-8-7-9-18(16-17)24-13-5-6-14-24/h3-4,7-11,16H,2,5-6,12-15H2,1H3,(H,23,27). The van der Waals surface area contributed by atoms with Gasteiger partial charge in [0.05, 0.1) is 11.0 Å². The lowest BCUT2D eigenvalue weighted by molar-refractivity contribution is -0.116. The number of hydrogen-bond acceptors (Lipinski definition) is 3. The number of fused-ring (bicyclic) bond motifs is 1. The van der Waals surface area contributed by atoms with Crippen molar-refractivity contribution in [1.82, 2.24) is 9.13 Å². The molecule has 28 heavy (non-hydrogen) atoms. The highest BCUT2D eigenvalue weighted by Crippen LogP contribution is 2.23. The van der Waals surface area contributed by atoms with Crippen LogP contribution in [0.15, 0.2) is 53.3 Å². The molecule has 6 heteroatoms. The highest BCUT2D eigenvalue weighted by atomic mass is 16.2. The maximum atomic E-state index is 12.7. The Hall–Kier alpha value is -3.02. The number of nitrogens with zero attached hydrogens (tertiary/aromatic N) is 3. The number of aryl methyl sites for hydroxylation is 2. The minimum absolute atomic E-state index is 0.0625. The third-order valence-electron chi connectivity index (χ3n) is 5.40. The van der Waals surface area contributed by atoms with Crippen LogP contribution in [-0.4, -0.2) is 28.1 Å². The van der Waals surface area contributed by atoms with Crippen LogP contribution in [0.5, 0.6) is 0 Å². The second-order valence-electron chi connectivity index (χ2n) is 7.21. The molecule has 1 aromatic heterocycles. The van der Waals surface area contributed by atoms with Gasteiger partial charge < -0.3 is 10.2 Å². The SMILES string of the molecule is CCn1c(=O)n(CCC(=O)Nc2cccc(N3CCCC3)c2)c2ccccc21. The molecule has 1 fully saturated rings. The van der Waals surface area contributed by atoms with Gasteiger partial charge in [0, 0.05) is 44.0 Å². The summed E-state index contributed by atoms with van der Waals surface area (Å²) in [6.45, 7) is 5.08. The van der Waals surface area contributed by atoms with Gasteiger partial charge in [-0.05, 0) is 50.1 Å². The van der Waals surface area contributed by atoms with Crippen LogP contribution >= 0.6 is 0 Å². The molecule has 3 aromatic rings. The van der Waals surface area contributed by atoms with E-state index in [1.807, 2.05) is 49.4 Å². The number of benzene rings is 2. The van der Waals surface area contributed by atoms with Crippen LogP contribution in [-0.2, 0) is 17.9 Å². The van der Waals surface area contributed by atoms with Crippen molar-refractivity contribution < 1.29 is 4.79 Å². The minimum atomic E-state index is -0.0844. The topological polar surface area (TPSA) is 59.3 Å². The summed E-state index contributed by atoms with van der Waals surface area (Å²) in [6, 6.07) is 15.7.